The van der Waals surface area contributed by atoms with Gasteiger partial charge in [-0.25, -0.2) is 9.78 Å². The molecule has 0 bridgehead atoms. The van der Waals surface area contributed by atoms with Gasteiger partial charge in [-0.1, -0.05) is 36.4 Å². The third kappa shape index (κ3) is 3.43. The normalized spacial score (nSPS) is 14.1. The standard InChI is InChI=1S/C23H23N3O4/c1-13-12-26-18(11-15-7-4-3-5-8-15)16-9-6-10-17(21(24)27)19(16)20(26)22(25-13)30-14(2)23(28)29/h3-5,7-8,10,12,14H,6,9,11H2,1-2H3,(H2,24,27)(H,28,29). The minimum atomic E-state index is -1.09. The zero-order chi connectivity index (χ0) is 21.4. The average molecular weight is 405 g/mol. The number of nitrogens with zero attached hydrogens (tertiary/aromatic N) is 2. The van der Waals surface area contributed by atoms with Gasteiger partial charge < -0.3 is 20.0 Å². The third-order valence-electron chi connectivity index (χ3n) is 5.34. The van der Waals surface area contributed by atoms with Crippen LogP contribution < -0.4 is 10.5 Å². The fourth-order valence-electron chi connectivity index (χ4n) is 4.00. The number of amides is 1. The third-order valence-corrected chi connectivity index (χ3v) is 5.34. The second-order valence-electron chi connectivity index (χ2n) is 7.49. The van der Waals surface area contributed by atoms with Gasteiger partial charge in [0, 0.05) is 29.4 Å². The Labute approximate surface area is 173 Å². The summed E-state index contributed by atoms with van der Waals surface area (Å²) in [6.07, 6.45) is 4.75. The van der Waals surface area contributed by atoms with Crippen LogP contribution in [0.25, 0.3) is 11.1 Å². The van der Waals surface area contributed by atoms with E-state index in [4.69, 9.17) is 10.5 Å². The van der Waals surface area contributed by atoms with E-state index in [0.29, 0.717) is 35.2 Å². The lowest BCUT2D eigenvalue weighted by Gasteiger charge is -2.15. The number of fused-ring (bicyclic) bond motifs is 3. The highest BCUT2D eigenvalue weighted by Gasteiger charge is 2.29. The van der Waals surface area contributed by atoms with Gasteiger partial charge in [0.1, 0.15) is 5.52 Å². The number of rotatable bonds is 6. The van der Waals surface area contributed by atoms with Crippen LogP contribution in [-0.4, -0.2) is 32.5 Å². The maximum atomic E-state index is 12.2. The zero-order valence-electron chi connectivity index (χ0n) is 16.9. The van der Waals surface area contributed by atoms with E-state index in [-0.39, 0.29) is 5.88 Å². The van der Waals surface area contributed by atoms with Gasteiger partial charge in [-0.3, -0.25) is 4.79 Å². The molecule has 3 N–H and O–H groups in total. The van der Waals surface area contributed by atoms with E-state index in [2.05, 4.69) is 17.1 Å². The molecule has 0 saturated carbocycles. The monoisotopic (exact) mass is 405 g/mol. The van der Waals surface area contributed by atoms with Crippen LogP contribution in [0.5, 0.6) is 5.88 Å². The molecule has 154 valence electrons. The van der Waals surface area contributed by atoms with Crippen LogP contribution in [0.2, 0.25) is 0 Å². The first-order chi connectivity index (χ1) is 14.4. The molecule has 1 aliphatic carbocycles. The van der Waals surface area contributed by atoms with Crippen molar-refractivity contribution in [2.45, 2.75) is 39.2 Å². The number of carboxylic acid groups (broad SMARTS) is 1. The van der Waals surface area contributed by atoms with Crippen molar-refractivity contribution in [3.05, 3.63) is 70.7 Å². The second kappa shape index (κ2) is 7.67. The molecule has 1 aliphatic rings. The molecule has 2 heterocycles. The van der Waals surface area contributed by atoms with Gasteiger partial charge in [-0.05, 0) is 37.8 Å². The van der Waals surface area contributed by atoms with Crippen LogP contribution in [-0.2, 0) is 22.4 Å². The van der Waals surface area contributed by atoms with Crippen LogP contribution in [0.3, 0.4) is 0 Å². The molecule has 1 atom stereocenters. The van der Waals surface area contributed by atoms with E-state index in [0.717, 1.165) is 23.2 Å². The van der Waals surface area contributed by atoms with Crippen molar-refractivity contribution >= 4 is 23.0 Å². The number of aromatic nitrogens is 2. The smallest absolute Gasteiger partial charge is 0.344 e. The lowest BCUT2D eigenvalue weighted by molar-refractivity contribution is -0.144. The van der Waals surface area contributed by atoms with Gasteiger partial charge in [0.15, 0.2) is 6.10 Å². The SMILES string of the molecule is Cc1cn2c(Cc3ccccc3)c3c(c2c(OC(C)C(=O)O)n1)C(C(N)=O)=CCC3. The number of hydrogen-bond donors (Lipinski definition) is 2. The van der Waals surface area contributed by atoms with Crippen molar-refractivity contribution in [1.82, 2.24) is 9.38 Å². The Morgan fingerprint density at radius 1 is 1.30 bits per heavy atom. The van der Waals surface area contributed by atoms with Gasteiger partial charge >= 0.3 is 5.97 Å². The summed E-state index contributed by atoms with van der Waals surface area (Å²) in [5.41, 5.74) is 11.3. The molecular formula is C23H23N3O4. The van der Waals surface area contributed by atoms with Crippen molar-refractivity contribution in [1.29, 1.82) is 0 Å². The van der Waals surface area contributed by atoms with Crippen molar-refractivity contribution in [2.24, 2.45) is 5.73 Å². The van der Waals surface area contributed by atoms with E-state index in [1.165, 1.54) is 6.92 Å². The molecule has 2 aromatic heterocycles. The maximum absolute atomic E-state index is 12.2. The van der Waals surface area contributed by atoms with E-state index < -0.39 is 18.0 Å². The highest BCUT2D eigenvalue weighted by Crippen LogP contribution is 2.39. The Hall–Kier alpha value is -3.61. The number of carbonyl (C=O) groups is 2. The highest BCUT2D eigenvalue weighted by atomic mass is 16.5. The zero-order valence-corrected chi connectivity index (χ0v) is 16.9. The topological polar surface area (TPSA) is 107 Å². The Morgan fingerprint density at radius 3 is 2.70 bits per heavy atom. The summed E-state index contributed by atoms with van der Waals surface area (Å²) >= 11 is 0. The summed E-state index contributed by atoms with van der Waals surface area (Å²) in [5.74, 6) is -1.42. The second-order valence-corrected chi connectivity index (χ2v) is 7.49. The first kappa shape index (κ1) is 19.7. The van der Waals surface area contributed by atoms with Crippen molar-refractivity contribution in [3.63, 3.8) is 0 Å². The summed E-state index contributed by atoms with van der Waals surface area (Å²) in [7, 11) is 0. The van der Waals surface area contributed by atoms with E-state index in [9.17, 15) is 14.7 Å². The Morgan fingerprint density at radius 2 is 2.03 bits per heavy atom. The van der Waals surface area contributed by atoms with E-state index in [1.54, 1.807) is 0 Å². The molecule has 0 fully saturated rings. The molecule has 1 unspecified atom stereocenters. The number of carbonyl (C=O) groups excluding carboxylic acids is 1. The number of carboxylic acids is 1. The molecule has 1 aromatic carbocycles. The number of ether oxygens (including phenoxy) is 1. The molecule has 30 heavy (non-hydrogen) atoms. The lowest BCUT2D eigenvalue weighted by Crippen LogP contribution is -2.24. The van der Waals surface area contributed by atoms with Gasteiger partial charge in [-0.2, -0.15) is 0 Å². The number of nitrogens with two attached hydrogens (primary N) is 1. The van der Waals surface area contributed by atoms with Crippen LogP contribution in [0.4, 0.5) is 0 Å². The van der Waals surface area contributed by atoms with Gasteiger partial charge in [0.25, 0.3) is 0 Å². The van der Waals surface area contributed by atoms with Gasteiger partial charge in [0.2, 0.25) is 11.8 Å². The minimum absolute atomic E-state index is 0.189. The van der Waals surface area contributed by atoms with Crippen LogP contribution >= 0.6 is 0 Å². The fourth-order valence-corrected chi connectivity index (χ4v) is 4.00. The number of hydrogen-bond acceptors (Lipinski definition) is 4. The molecule has 1 amide bonds. The first-order valence-electron chi connectivity index (χ1n) is 9.84. The number of allylic oxidation sites excluding steroid dienone is 1. The lowest BCUT2D eigenvalue weighted by atomic mass is 9.90. The molecule has 0 spiro atoms. The first-order valence-corrected chi connectivity index (χ1v) is 9.84. The molecular weight excluding hydrogens is 382 g/mol. The number of benzene rings is 1. The predicted octanol–water partition coefficient (Wildman–Crippen LogP) is 2.90. The van der Waals surface area contributed by atoms with Crippen molar-refractivity contribution in [3.8, 4) is 5.88 Å². The largest absolute Gasteiger partial charge is 0.479 e. The fraction of sp³-hybridized carbons (Fsp3) is 0.261. The number of aryl methyl sites for hydroxylation is 1. The van der Waals surface area contributed by atoms with Gasteiger partial charge in [0.05, 0.1) is 5.69 Å². The molecule has 0 saturated heterocycles. The summed E-state index contributed by atoms with van der Waals surface area (Å²) in [5, 5.41) is 9.32. The van der Waals surface area contributed by atoms with Crippen molar-refractivity contribution < 1.29 is 19.4 Å². The van der Waals surface area contributed by atoms with Crippen LogP contribution in [0.1, 0.15) is 41.4 Å². The molecule has 4 rings (SSSR count). The van der Waals surface area contributed by atoms with Crippen LogP contribution in [0.15, 0.2) is 42.6 Å². The van der Waals surface area contributed by atoms with E-state index in [1.807, 2.05) is 41.8 Å². The maximum Gasteiger partial charge on any atom is 0.344 e. The Kier molecular flexibility index (Phi) is 5.03. The van der Waals surface area contributed by atoms with E-state index >= 15 is 0 Å². The average Bonchev–Trinajstić information content (AvgIpc) is 3.02. The molecule has 3 aromatic rings. The summed E-state index contributed by atoms with van der Waals surface area (Å²) in [4.78, 5) is 28.1. The predicted molar refractivity (Wildman–Crippen MR) is 112 cm³/mol. The number of primary amides is 1. The minimum Gasteiger partial charge on any atom is -0.479 e. The van der Waals surface area contributed by atoms with Crippen LogP contribution in [0, 0.1) is 6.92 Å². The molecule has 7 heteroatoms. The quantitative estimate of drug-likeness (QED) is 0.656. The molecule has 7 nitrogen and oxygen atoms in total. The summed E-state index contributed by atoms with van der Waals surface area (Å²) in [6, 6.07) is 10.1. The number of aliphatic carboxylic acids is 1. The Balaban J connectivity index is 2.00. The molecule has 0 aliphatic heterocycles. The highest BCUT2D eigenvalue weighted by molar-refractivity contribution is 6.22. The van der Waals surface area contributed by atoms with Crippen molar-refractivity contribution in [2.75, 3.05) is 0 Å². The molecule has 0 radical (unpaired) electrons. The summed E-state index contributed by atoms with van der Waals surface area (Å²) in [6.45, 7) is 3.28. The van der Waals surface area contributed by atoms with Gasteiger partial charge in [-0.15, -0.1) is 0 Å². The Bertz CT molecular complexity index is 1180. The summed E-state index contributed by atoms with van der Waals surface area (Å²) < 4.78 is 7.69.